The quantitative estimate of drug-likeness (QED) is 0.400. The van der Waals surface area contributed by atoms with Gasteiger partial charge in [-0.05, 0) is 93.3 Å². The van der Waals surface area contributed by atoms with Crippen LogP contribution >= 0.6 is 23.4 Å². The number of para-hydroxylation sites is 1. The van der Waals surface area contributed by atoms with Crippen molar-refractivity contribution < 1.29 is 14.4 Å². The summed E-state index contributed by atoms with van der Waals surface area (Å²) in [5.41, 5.74) is 6.28. The van der Waals surface area contributed by atoms with Gasteiger partial charge in [-0.3, -0.25) is 19.3 Å². The van der Waals surface area contributed by atoms with Gasteiger partial charge in [-0.15, -0.1) is 0 Å². The summed E-state index contributed by atoms with van der Waals surface area (Å²) in [7, 11) is 0. The smallest absolute Gasteiger partial charge is 0.294 e. The molecule has 0 atom stereocenters. The molecule has 1 fully saturated rings. The van der Waals surface area contributed by atoms with Crippen molar-refractivity contribution in [1.29, 1.82) is 0 Å². The molecule has 0 bridgehead atoms. The van der Waals surface area contributed by atoms with Crippen LogP contribution in [0.4, 0.5) is 16.2 Å². The van der Waals surface area contributed by atoms with Crippen molar-refractivity contribution in [2.24, 2.45) is 0 Å². The van der Waals surface area contributed by atoms with E-state index in [2.05, 4.69) is 44.0 Å². The van der Waals surface area contributed by atoms with Crippen LogP contribution in [0.2, 0.25) is 5.02 Å². The zero-order chi connectivity index (χ0) is 27.1. The Morgan fingerprint density at radius 2 is 1.81 bits per heavy atom. The van der Waals surface area contributed by atoms with Crippen LogP contribution in [0.3, 0.4) is 0 Å². The Kier molecular flexibility index (Phi) is 7.58. The van der Waals surface area contributed by atoms with Gasteiger partial charge in [-0.1, -0.05) is 42.8 Å². The highest BCUT2D eigenvalue weighted by Crippen LogP contribution is 2.43. The first-order valence-electron chi connectivity index (χ1n) is 12.4. The number of anilines is 2. The van der Waals surface area contributed by atoms with Crippen LogP contribution in [0.15, 0.2) is 41.3 Å². The van der Waals surface area contributed by atoms with Gasteiger partial charge in [-0.25, -0.2) is 0 Å². The van der Waals surface area contributed by atoms with E-state index in [0.717, 1.165) is 57.6 Å². The minimum Gasteiger partial charge on any atom is -0.362 e. The average Bonchev–Trinajstić information content (AvgIpc) is 3.07. The fraction of sp³-hybridized carbons (Fsp3) is 0.345. The van der Waals surface area contributed by atoms with Gasteiger partial charge in [0.15, 0.2) is 0 Å². The lowest BCUT2D eigenvalue weighted by atomic mass is 9.87. The van der Waals surface area contributed by atoms with E-state index < -0.39 is 17.1 Å². The maximum Gasteiger partial charge on any atom is 0.294 e. The number of carbonyl (C=O) groups is 3. The van der Waals surface area contributed by atoms with Crippen molar-refractivity contribution in [1.82, 2.24) is 4.90 Å². The molecular weight excluding hydrogens is 506 g/mol. The van der Waals surface area contributed by atoms with E-state index in [-0.39, 0.29) is 17.0 Å². The lowest BCUT2D eigenvalue weighted by Crippen LogP contribution is -2.45. The van der Waals surface area contributed by atoms with Crippen molar-refractivity contribution in [3.05, 3.63) is 68.6 Å². The zero-order valence-corrected chi connectivity index (χ0v) is 23.6. The SMILES string of the molecule is CCCN1c2cc(Cl)c(/C=C3/SC(=O)N(CC(=O)Nc4c(C)cccc4C)C3=O)cc2C(C)=CC1(C)C. The van der Waals surface area contributed by atoms with E-state index in [4.69, 9.17) is 11.6 Å². The molecule has 0 aromatic heterocycles. The molecule has 0 saturated carbocycles. The number of nitrogens with zero attached hydrogens (tertiary/aromatic N) is 2. The van der Waals surface area contributed by atoms with Crippen LogP contribution < -0.4 is 10.2 Å². The first-order valence-corrected chi connectivity index (χ1v) is 13.5. The van der Waals surface area contributed by atoms with Crippen LogP contribution in [0.25, 0.3) is 11.6 Å². The molecule has 2 aromatic rings. The molecule has 6 nitrogen and oxygen atoms in total. The maximum absolute atomic E-state index is 13.1. The van der Waals surface area contributed by atoms with Crippen molar-refractivity contribution in [3.63, 3.8) is 0 Å². The Morgan fingerprint density at radius 3 is 2.46 bits per heavy atom. The molecule has 8 heteroatoms. The number of rotatable bonds is 6. The lowest BCUT2D eigenvalue weighted by Gasteiger charge is -2.43. The first-order chi connectivity index (χ1) is 17.4. The summed E-state index contributed by atoms with van der Waals surface area (Å²) >= 11 is 7.52. The first kappa shape index (κ1) is 27.0. The van der Waals surface area contributed by atoms with Gasteiger partial charge >= 0.3 is 0 Å². The Morgan fingerprint density at radius 1 is 1.14 bits per heavy atom. The summed E-state index contributed by atoms with van der Waals surface area (Å²) in [5.74, 6) is -0.923. The second-order valence-corrected chi connectivity index (χ2v) is 11.5. The molecule has 0 radical (unpaired) electrons. The molecule has 4 rings (SSSR count). The van der Waals surface area contributed by atoms with Gasteiger partial charge in [0, 0.05) is 28.5 Å². The number of nitrogens with one attached hydrogen (secondary N) is 1. The summed E-state index contributed by atoms with van der Waals surface area (Å²) < 4.78 is 0. The van der Waals surface area contributed by atoms with E-state index in [0.29, 0.717) is 16.3 Å². The van der Waals surface area contributed by atoms with Crippen molar-refractivity contribution in [2.45, 2.75) is 53.5 Å². The maximum atomic E-state index is 13.1. The van der Waals surface area contributed by atoms with Crippen LogP contribution in [-0.4, -0.2) is 40.6 Å². The van der Waals surface area contributed by atoms with Crippen molar-refractivity contribution in [2.75, 3.05) is 23.3 Å². The van der Waals surface area contributed by atoms with Crippen LogP contribution in [-0.2, 0) is 9.59 Å². The molecular formula is C29H32ClN3O3S. The number of hydrogen-bond acceptors (Lipinski definition) is 5. The Balaban J connectivity index is 1.58. The highest BCUT2D eigenvalue weighted by Gasteiger charge is 2.37. The van der Waals surface area contributed by atoms with Gasteiger partial charge in [-0.2, -0.15) is 0 Å². The standard InChI is InChI=1S/C29H32ClN3O3S/c1-7-11-33-23-14-22(30)20(12-21(23)19(4)15-29(33,5)6)13-24-27(35)32(28(36)37-24)16-25(34)31-26-17(2)9-8-10-18(26)3/h8-10,12-15H,7,11,16H2,1-6H3,(H,31,34)/b24-13+. The number of benzene rings is 2. The summed E-state index contributed by atoms with van der Waals surface area (Å²) in [5, 5.41) is 2.86. The van der Waals surface area contributed by atoms with E-state index in [9.17, 15) is 14.4 Å². The topological polar surface area (TPSA) is 69.7 Å². The Bertz CT molecular complexity index is 1340. The summed E-state index contributed by atoms with van der Waals surface area (Å²) in [6.45, 7) is 12.9. The predicted octanol–water partition coefficient (Wildman–Crippen LogP) is 7.04. The van der Waals surface area contributed by atoms with Gasteiger partial charge in [0.05, 0.1) is 10.4 Å². The number of amides is 3. The van der Waals surface area contributed by atoms with Crippen molar-refractivity contribution >= 4 is 63.4 Å². The number of aryl methyl sites for hydroxylation is 2. The molecule has 2 aliphatic heterocycles. The Labute approximate surface area is 227 Å². The molecule has 194 valence electrons. The molecule has 37 heavy (non-hydrogen) atoms. The summed E-state index contributed by atoms with van der Waals surface area (Å²) in [4.78, 5) is 42.0. The zero-order valence-electron chi connectivity index (χ0n) is 22.1. The largest absolute Gasteiger partial charge is 0.362 e. The number of imide groups is 1. The molecule has 2 heterocycles. The second-order valence-electron chi connectivity index (χ2n) is 10.1. The molecule has 0 spiro atoms. The molecule has 0 aliphatic carbocycles. The number of thioether (sulfide) groups is 1. The molecule has 0 unspecified atom stereocenters. The highest BCUT2D eigenvalue weighted by atomic mass is 35.5. The average molecular weight is 538 g/mol. The number of allylic oxidation sites excluding steroid dienone is 1. The lowest BCUT2D eigenvalue weighted by molar-refractivity contribution is -0.127. The van der Waals surface area contributed by atoms with Crippen LogP contribution in [0.1, 0.15) is 56.4 Å². The number of carbonyl (C=O) groups excluding carboxylic acids is 3. The second kappa shape index (κ2) is 10.4. The number of hydrogen-bond donors (Lipinski definition) is 1. The van der Waals surface area contributed by atoms with E-state index in [1.54, 1.807) is 6.08 Å². The fourth-order valence-corrected chi connectivity index (χ4v) is 6.01. The number of fused-ring (bicyclic) bond motifs is 1. The fourth-order valence-electron chi connectivity index (χ4n) is 4.97. The van der Waals surface area contributed by atoms with Gasteiger partial charge in [0.2, 0.25) is 5.91 Å². The van der Waals surface area contributed by atoms with Gasteiger partial charge in [0.25, 0.3) is 11.1 Å². The summed E-state index contributed by atoms with van der Waals surface area (Å²) in [6.07, 6.45) is 4.89. The molecule has 1 N–H and O–H groups in total. The van der Waals surface area contributed by atoms with Gasteiger partial charge < -0.3 is 10.2 Å². The van der Waals surface area contributed by atoms with Crippen LogP contribution in [0, 0.1) is 13.8 Å². The van der Waals surface area contributed by atoms with E-state index >= 15 is 0 Å². The third-order valence-electron chi connectivity index (χ3n) is 6.75. The molecule has 2 aromatic carbocycles. The monoisotopic (exact) mass is 537 g/mol. The van der Waals surface area contributed by atoms with Gasteiger partial charge in [0.1, 0.15) is 6.54 Å². The number of halogens is 1. The molecule has 1 saturated heterocycles. The molecule has 2 aliphatic rings. The third-order valence-corrected chi connectivity index (χ3v) is 7.99. The van der Waals surface area contributed by atoms with E-state index in [1.165, 1.54) is 0 Å². The predicted molar refractivity (Wildman–Crippen MR) is 154 cm³/mol. The highest BCUT2D eigenvalue weighted by molar-refractivity contribution is 8.18. The Hall–Kier alpha value is -3.03. The van der Waals surface area contributed by atoms with Crippen LogP contribution in [0.5, 0.6) is 0 Å². The third kappa shape index (κ3) is 5.34. The summed E-state index contributed by atoms with van der Waals surface area (Å²) in [6, 6.07) is 9.62. The normalized spacial score (nSPS) is 17.8. The molecule has 3 amide bonds. The van der Waals surface area contributed by atoms with E-state index in [1.807, 2.05) is 44.2 Å². The van der Waals surface area contributed by atoms with Crippen molar-refractivity contribution in [3.8, 4) is 0 Å². The minimum atomic E-state index is -0.499. The minimum absolute atomic E-state index is 0.141.